The molecule has 1 rings (SSSR count). The summed E-state index contributed by atoms with van der Waals surface area (Å²) < 4.78 is 5.49. The van der Waals surface area contributed by atoms with Crippen molar-refractivity contribution in [2.75, 3.05) is 39.9 Å². The lowest BCUT2D eigenvalue weighted by atomic mass is 9.84. The van der Waals surface area contributed by atoms with Crippen molar-refractivity contribution in [2.45, 2.75) is 39.7 Å². The van der Waals surface area contributed by atoms with E-state index in [2.05, 4.69) is 38.0 Å². The first-order valence-electron chi connectivity index (χ1n) is 6.57. The van der Waals surface area contributed by atoms with E-state index >= 15 is 0 Å². The molecule has 1 aliphatic rings. The van der Waals surface area contributed by atoms with Gasteiger partial charge in [0.2, 0.25) is 0 Å². The zero-order chi connectivity index (χ0) is 12.0. The molecule has 1 N–H and O–H groups in total. The summed E-state index contributed by atoms with van der Waals surface area (Å²) in [7, 11) is 2.05. The minimum Gasteiger partial charge on any atom is -0.379 e. The first-order valence-corrected chi connectivity index (χ1v) is 6.57. The van der Waals surface area contributed by atoms with Crippen LogP contribution in [0.2, 0.25) is 0 Å². The van der Waals surface area contributed by atoms with E-state index in [1.54, 1.807) is 0 Å². The fourth-order valence-corrected chi connectivity index (χ4v) is 2.74. The molecule has 16 heavy (non-hydrogen) atoms. The summed E-state index contributed by atoms with van der Waals surface area (Å²) in [5.74, 6) is 0. The summed E-state index contributed by atoms with van der Waals surface area (Å²) in [4.78, 5) is 2.58. The molecule has 96 valence electrons. The summed E-state index contributed by atoms with van der Waals surface area (Å²) in [5.41, 5.74) is 0.398. The van der Waals surface area contributed by atoms with Crippen LogP contribution in [0.15, 0.2) is 0 Å². The van der Waals surface area contributed by atoms with Crippen molar-refractivity contribution in [3.8, 4) is 0 Å². The van der Waals surface area contributed by atoms with Crippen molar-refractivity contribution in [1.82, 2.24) is 10.2 Å². The van der Waals surface area contributed by atoms with Gasteiger partial charge in [-0.1, -0.05) is 20.3 Å². The fraction of sp³-hybridized carbons (Fsp3) is 1.00. The van der Waals surface area contributed by atoms with Crippen LogP contribution in [0.4, 0.5) is 0 Å². The Morgan fingerprint density at radius 3 is 2.81 bits per heavy atom. The van der Waals surface area contributed by atoms with Gasteiger partial charge < -0.3 is 10.1 Å². The van der Waals surface area contributed by atoms with Gasteiger partial charge in [-0.3, -0.25) is 4.90 Å². The Hall–Kier alpha value is -0.120. The van der Waals surface area contributed by atoms with E-state index in [4.69, 9.17) is 4.74 Å². The van der Waals surface area contributed by atoms with Crippen molar-refractivity contribution in [2.24, 2.45) is 5.41 Å². The first kappa shape index (κ1) is 13.9. The third kappa shape index (κ3) is 4.04. The average Bonchev–Trinajstić information content (AvgIpc) is 2.22. The Bertz CT molecular complexity index is 190. The Labute approximate surface area is 101 Å². The van der Waals surface area contributed by atoms with Gasteiger partial charge in [-0.05, 0) is 25.8 Å². The second kappa shape index (κ2) is 6.58. The molecule has 1 fully saturated rings. The van der Waals surface area contributed by atoms with E-state index in [1.165, 1.54) is 19.4 Å². The Morgan fingerprint density at radius 2 is 2.25 bits per heavy atom. The van der Waals surface area contributed by atoms with Crippen LogP contribution in [0.5, 0.6) is 0 Å². The van der Waals surface area contributed by atoms with E-state index in [0.29, 0.717) is 11.5 Å². The third-order valence-corrected chi connectivity index (χ3v) is 3.55. The number of nitrogens with one attached hydrogen (secondary N) is 1. The van der Waals surface area contributed by atoms with Gasteiger partial charge in [-0.25, -0.2) is 0 Å². The third-order valence-electron chi connectivity index (χ3n) is 3.55. The zero-order valence-corrected chi connectivity index (χ0v) is 11.4. The Morgan fingerprint density at radius 1 is 1.50 bits per heavy atom. The lowest BCUT2D eigenvalue weighted by Gasteiger charge is -2.40. The van der Waals surface area contributed by atoms with E-state index in [9.17, 15) is 0 Å². The van der Waals surface area contributed by atoms with Crippen LogP contribution in [0.1, 0.15) is 33.6 Å². The molecule has 1 aliphatic heterocycles. The highest BCUT2D eigenvalue weighted by Gasteiger charge is 2.29. The van der Waals surface area contributed by atoms with E-state index in [0.717, 1.165) is 26.3 Å². The second-order valence-electron chi connectivity index (χ2n) is 5.49. The fourth-order valence-electron chi connectivity index (χ4n) is 2.74. The molecule has 0 aromatic carbocycles. The van der Waals surface area contributed by atoms with Crippen LogP contribution in [-0.4, -0.2) is 50.8 Å². The maximum absolute atomic E-state index is 5.49. The van der Waals surface area contributed by atoms with E-state index < -0.39 is 0 Å². The van der Waals surface area contributed by atoms with E-state index in [-0.39, 0.29) is 0 Å². The molecule has 1 heterocycles. The minimum atomic E-state index is 0.398. The molecule has 2 atom stereocenters. The minimum absolute atomic E-state index is 0.398. The molecule has 1 saturated heterocycles. The lowest BCUT2D eigenvalue weighted by Crippen LogP contribution is -2.50. The average molecular weight is 228 g/mol. The molecular formula is C13H28N2O. The number of ether oxygens (including phenoxy) is 1. The number of hydrogen-bond donors (Lipinski definition) is 1. The van der Waals surface area contributed by atoms with Crippen LogP contribution in [-0.2, 0) is 4.74 Å². The molecule has 0 radical (unpaired) electrons. The zero-order valence-electron chi connectivity index (χ0n) is 11.4. The largest absolute Gasteiger partial charge is 0.379 e. The van der Waals surface area contributed by atoms with Crippen molar-refractivity contribution >= 4 is 0 Å². The maximum Gasteiger partial charge on any atom is 0.0619 e. The van der Waals surface area contributed by atoms with Crippen molar-refractivity contribution < 1.29 is 4.74 Å². The van der Waals surface area contributed by atoms with Crippen molar-refractivity contribution in [1.29, 1.82) is 0 Å². The molecular weight excluding hydrogens is 200 g/mol. The topological polar surface area (TPSA) is 24.5 Å². The molecule has 0 bridgehead atoms. The molecule has 0 saturated carbocycles. The van der Waals surface area contributed by atoms with Gasteiger partial charge in [-0.15, -0.1) is 0 Å². The molecule has 0 aliphatic carbocycles. The number of rotatable bonds is 6. The highest BCUT2D eigenvalue weighted by Crippen LogP contribution is 2.25. The molecule has 0 aromatic rings. The molecule has 2 unspecified atom stereocenters. The lowest BCUT2D eigenvalue weighted by molar-refractivity contribution is -0.0191. The van der Waals surface area contributed by atoms with Gasteiger partial charge in [0.1, 0.15) is 0 Å². The van der Waals surface area contributed by atoms with Gasteiger partial charge in [0, 0.05) is 25.7 Å². The Kier molecular flexibility index (Phi) is 5.73. The number of morpholine rings is 1. The Balaban J connectivity index is 2.51. The van der Waals surface area contributed by atoms with Crippen LogP contribution < -0.4 is 5.32 Å². The summed E-state index contributed by atoms with van der Waals surface area (Å²) in [6, 6.07) is 0.571. The molecule has 0 spiro atoms. The van der Waals surface area contributed by atoms with E-state index in [1.807, 2.05) is 0 Å². The van der Waals surface area contributed by atoms with Crippen LogP contribution in [0.25, 0.3) is 0 Å². The summed E-state index contributed by atoms with van der Waals surface area (Å²) in [6.45, 7) is 12.1. The molecule has 3 heteroatoms. The SMILES string of the molecule is CCCC(C)(CNC)CN1CCOCC1C. The normalized spacial score (nSPS) is 26.6. The maximum atomic E-state index is 5.49. The van der Waals surface area contributed by atoms with Crippen LogP contribution >= 0.6 is 0 Å². The molecule has 3 nitrogen and oxygen atoms in total. The molecule has 0 aromatic heterocycles. The monoisotopic (exact) mass is 228 g/mol. The van der Waals surface area contributed by atoms with Gasteiger partial charge >= 0.3 is 0 Å². The van der Waals surface area contributed by atoms with Gasteiger partial charge in [0.15, 0.2) is 0 Å². The molecule has 0 amide bonds. The smallest absolute Gasteiger partial charge is 0.0619 e. The first-order chi connectivity index (χ1) is 7.61. The number of hydrogen-bond acceptors (Lipinski definition) is 3. The predicted octanol–water partition coefficient (Wildman–Crippen LogP) is 1.73. The van der Waals surface area contributed by atoms with Crippen LogP contribution in [0.3, 0.4) is 0 Å². The second-order valence-corrected chi connectivity index (χ2v) is 5.49. The quantitative estimate of drug-likeness (QED) is 0.749. The number of nitrogens with zero attached hydrogens (tertiary/aromatic N) is 1. The van der Waals surface area contributed by atoms with Crippen molar-refractivity contribution in [3.63, 3.8) is 0 Å². The summed E-state index contributed by atoms with van der Waals surface area (Å²) in [5, 5.41) is 3.34. The summed E-state index contributed by atoms with van der Waals surface area (Å²) in [6.07, 6.45) is 2.55. The summed E-state index contributed by atoms with van der Waals surface area (Å²) >= 11 is 0. The van der Waals surface area contributed by atoms with Gasteiger partial charge in [-0.2, -0.15) is 0 Å². The van der Waals surface area contributed by atoms with Gasteiger partial charge in [0.25, 0.3) is 0 Å². The predicted molar refractivity (Wildman–Crippen MR) is 68.8 cm³/mol. The standard InChI is InChI=1S/C13H28N2O/c1-5-6-13(3,10-14-4)11-15-7-8-16-9-12(15)2/h12,14H,5-11H2,1-4H3. The van der Waals surface area contributed by atoms with Crippen molar-refractivity contribution in [3.05, 3.63) is 0 Å². The highest BCUT2D eigenvalue weighted by atomic mass is 16.5. The van der Waals surface area contributed by atoms with Gasteiger partial charge in [0.05, 0.1) is 13.2 Å². The van der Waals surface area contributed by atoms with Crippen LogP contribution in [0, 0.1) is 5.41 Å². The highest BCUT2D eigenvalue weighted by molar-refractivity contribution is 4.83.